The smallest absolute Gasteiger partial charge is 0.247 e. The van der Waals surface area contributed by atoms with Gasteiger partial charge in [0.1, 0.15) is 11.9 Å². The molecule has 1 aliphatic heterocycles. The fourth-order valence-corrected chi connectivity index (χ4v) is 4.14. The molecule has 4 rings (SSSR count). The zero-order valence-corrected chi connectivity index (χ0v) is 17.5. The summed E-state index contributed by atoms with van der Waals surface area (Å²) in [5, 5.41) is 2.95. The molecule has 2 amide bonds. The summed E-state index contributed by atoms with van der Waals surface area (Å²) in [6, 6.07) is 17.0. The van der Waals surface area contributed by atoms with Crippen LogP contribution in [0.5, 0.6) is 0 Å². The molecule has 0 aliphatic carbocycles. The monoisotopic (exact) mass is 404 g/mol. The first-order chi connectivity index (χ1) is 14.6. The average Bonchev–Trinajstić information content (AvgIpc) is 3.15. The van der Waals surface area contributed by atoms with Crippen molar-refractivity contribution in [1.82, 2.24) is 19.8 Å². The number of aromatic nitrogens is 2. The zero-order valence-electron chi connectivity index (χ0n) is 17.5. The maximum Gasteiger partial charge on any atom is 0.247 e. The predicted octanol–water partition coefficient (Wildman–Crippen LogP) is 3.99. The quantitative estimate of drug-likeness (QED) is 0.606. The number of carbonyl (C=O) groups is 2. The third-order valence-corrected chi connectivity index (χ3v) is 5.77. The van der Waals surface area contributed by atoms with Crippen LogP contribution in [0.15, 0.2) is 54.6 Å². The lowest BCUT2D eigenvalue weighted by molar-refractivity contribution is -0.142. The highest BCUT2D eigenvalue weighted by molar-refractivity contribution is 5.90. The largest absolute Gasteiger partial charge is 0.356 e. The summed E-state index contributed by atoms with van der Waals surface area (Å²) < 4.78 is 1.98. The molecule has 2 aromatic carbocycles. The highest BCUT2D eigenvalue weighted by Gasteiger charge is 2.40. The van der Waals surface area contributed by atoms with Gasteiger partial charge in [0.25, 0.3) is 0 Å². The second-order valence-electron chi connectivity index (χ2n) is 7.88. The van der Waals surface area contributed by atoms with Crippen LogP contribution in [0.3, 0.4) is 0 Å². The number of fused-ring (bicyclic) bond motifs is 3. The van der Waals surface area contributed by atoms with Crippen LogP contribution in [0.1, 0.15) is 56.6 Å². The Morgan fingerprint density at radius 3 is 2.60 bits per heavy atom. The normalized spacial score (nSPS) is 18.5. The van der Waals surface area contributed by atoms with Gasteiger partial charge in [-0.1, -0.05) is 55.8 Å². The van der Waals surface area contributed by atoms with E-state index in [1.54, 1.807) is 0 Å². The zero-order chi connectivity index (χ0) is 21.1. The average molecular weight is 405 g/mol. The Labute approximate surface area is 176 Å². The third kappa shape index (κ3) is 3.82. The predicted molar refractivity (Wildman–Crippen MR) is 117 cm³/mol. The standard InChI is InChI=1S/C24H28N4O2/c1-3-4-14-25-22(29)15-21-24(30)27(16-18-10-6-5-7-11-18)17(2)23-26-19-12-8-9-13-20(19)28(21)23/h5-13,17,21H,3-4,14-16H2,1-2H3,(H,25,29)/t17-,21+/m0/s1. The van der Waals surface area contributed by atoms with Crippen molar-refractivity contribution < 1.29 is 9.59 Å². The molecule has 1 aromatic heterocycles. The van der Waals surface area contributed by atoms with E-state index < -0.39 is 6.04 Å². The minimum Gasteiger partial charge on any atom is -0.356 e. The van der Waals surface area contributed by atoms with E-state index in [-0.39, 0.29) is 24.3 Å². The molecule has 0 fully saturated rings. The summed E-state index contributed by atoms with van der Waals surface area (Å²) in [7, 11) is 0. The topological polar surface area (TPSA) is 67.2 Å². The highest BCUT2D eigenvalue weighted by atomic mass is 16.2. The van der Waals surface area contributed by atoms with E-state index >= 15 is 0 Å². The Morgan fingerprint density at radius 2 is 1.83 bits per heavy atom. The Morgan fingerprint density at radius 1 is 1.10 bits per heavy atom. The van der Waals surface area contributed by atoms with E-state index in [0.717, 1.165) is 35.3 Å². The first kappa shape index (κ1) is 20.1. The number of rotatable bonds is 7. The van der Waals surface area contributed by atoms with Crippen molar-refractivity contribution in [3.8, 4) is 0 Å². The molecular formula is C24H28N4O2. The van der Waals surface area contributed by atoms with E-state index in [9.17, 15) is 9.59 Å². The second-order valence-corrected chi connectivity index (χ2v) is 7.88. The number of amides is 2. The number of imidazole rings is 1. The van der Waals surface area contributed by atoms with Gasteiger partial charge >= 0.3 is 0 Å². The van der Waals surface area contributed by atoms with Gasteiger partial charge in [0, 0.05) is 13.1 Å². The van der Waals surface area contributed by atoms with Crippen LogP contribution in [0.25, 0.3) is 11.0 Å². The molecule has 6 heteroatoms. The fraction of sp³-hybridized carbons (Fsp3) is 0.375. The Bertz CT molecular complexity index is 1040. The van der Waals surface area contributed by atoms with Gasteiger partial charge in [-0.2, -0.15) is 0 Å². The van der Waals surface area contributed by atoms with Crippen LogP contribution in [0, 0.1) is 0 Å². The second kappa shape index (κ2) is 8.69. The first-order valence-electron chi connectivity index (χ1n) is 10.7. The Hall–Kier alpha value is -3.15. The van der Waals surface area contributed by atoms with E-state index in [0.29, 0.717) is 13.1 Å². The summed E-state index contributed by atoms with van der Waals surface area (Å²) in [6.45, 7) is 5.23. The van der Waals surface area contributed by atoms with E-state index in [2.05, 4.69) is 12.2 Å². The van der Waals surface area contributed by atoms with E-state index in [4.69, 9.17) is 4.98 Å². The van der Waals surface area contributed by atoms with Crippen molar-refractivity contribution in [2.45, 2.75) is 51.7 Å². The number of hydrogen-bond acceptors (Lipinski definition) is 3. The lowest BCUT2D eigenvalue weighted by Gasteiger charge is -2.38. The van der Waals surface area contributed by atoms with Gasteiger partial charge in [0.2, 0.25) is 11.8 Å². The van der Waals surface area contributed by atoms with Crippen LogP contribution in [-0.2, 0) is 16.1 Å². The summed E-state index contributed by atoms with van der Waals surface area (Å²) >= 11 is 0. The number of benzene rings is 2. The fourth-order valence-electron chi connectivity index (χ4n) is 4.14. The van der Waals surface area contributed by atoms with E-state index in [1.165, 1.54) is 0 Å². The van der Waals surface area contributed by atoms with Gasteiger partial charge in [-0.25, -0.2) is 4.98 Å². The molecule has 6 nitrogen and oxygen atoms in total. The number of hydrogen-bond donors (Lipinski definition) is 1. The molecule has 156 valence electrons. The first-order valence-corrected chi connectivity index (χ1v) is 10.7. The van der Waals surface area contributed by atoms with Crippen molar-refractivity contribution in [3.05, 3.63) is 66.0 Å². The SMILES string of the molecule is CCCCNC(=O)C[C@@H]1C(=O)N(Cc2ccccc2)[C@@H](C)c2nc3ccccc3n21. The number of nitrogens with zero attached hydrogens (tertiary/aromatic N) is 3. The van der Waals surface area contributed by atoms with E-state index in [1.807, 2.05) is 71.0 Å². The number of unbranched alkanes of at least 4 members (excludes halogenated alkanes) is 1. The molecule has 3 aromatic rings. The van der Waals surface area contributed by atoms with Crippen LogP contribution in [0.4, 0.5) is 0 Å². The minimum absolute atomic E-state index is 0.0346. The summed E-state index contributed by atoms with van der Waals surface area (Å²) in [6.07, 6.45) is 2.07. The molecule has 0 saturated heterocycles. The van der Waals surface area contributed by atoms with Crippen molar-refractivity contribution in [1.29, 1.82) is 0 Å². The molecule has 2 heterocycles. The molecule has 0 spiro atoms. The summed E-state index contributed by atoms with van der Waals surface area (Å²) in [5.74, 6) is 0.700. The molecule has 1 aliphatic rings. The van der Waals surface area contributed by atoms with Crippen molar-refractivity contribution in [2.75, 3.05) is 6.54 Å². The van der Waals surface area contributed by atoms with Gasteiger partial charge in [0.15, 0.2) is 0 Å². The van der Waals surface area contributed by atoms with Gasteiger partial charge in [-0.05, 0) is 31.0 Å². The molecule has 0 radical (unpaired) electrons. The minimum atomic E-state index is -0.589. The highest BCUT2D eigenvalue weighted by Crippen LogP contribution is 2.37. The number of para-hydroxylation sites is 2. The van der Waals surface area contributed by atoms with Gasteiger partial charge in [0.05, 0.1) is 23.5 Å². The molecule has 2 atom stereocenters. The van der Waals surface area contributed by atoms with Crippen LogP contribution in [0.2, 0.25) is 0 Å². The molecule has 30 heavy (non-hydrogen) atoms. The Balaban J connectivity index is 1.70. The molecular weight excluding hydrogens is 376 g/mol. The number of carbonyl (C=O) groups excluding carboxylic acids is 2. The van der Waals surface area contributed by atoms with Crippen molar-refractivity contribution in [3.63, 3.8) is 0 Å². The maximum absolute atomic E-state index is 13.6. The lowest BCUT2D eigenvalue weighted by Crippen LogP contribution is -2.46. The molecule has 0 unspecified atom stereocenters. The van der Waals surface area contributed by atoms with Crippen LogP contribution in [-0.4, -0.2) is 32.8 Å². The molecule has 1 N–H and O–H groups in total. The van der Waals surface area contributed by atoms with Crippen molar-refractivity contribution >= 4 is 22.8 Å². The lowest BCUT2D eigenvalue weighted by atomic mass is 10.0. The van der Waals surface area contributed by atoms with Crippen LogP contribution < -0.4 is 5.32 Å². The van der Waals surface area contributed by atoms with Gasteiger partial charge in [-0.3, -0.25) is 9.59 Å². The molecule has 0 saturated carbocycles. The van der Waals surface area contributed by atoms with Crippen LogP contribution >= 0.6 is 0 Å². The molecule has 0 bridgehead atoms. The summed E-state index contributed by atoms with van der Waals surface area (Å²) in [5.41, 5.74) is 2.82. The van der Waals surface area contributed by atoms with Gasteiger partial charge < -0.3 is 14.8 Å². The maximum atomic E-state index is 13.6. The summed E-state index contributed by atoms with van der Waals surface area (Å²) in [4.78, 5) is 32.9. The number of nitrogens with one attached hydrogen (secondary N) is 1. The Kier molecular flexibility index (Phi) is 5.84. The third-order valence-electron chi connectivity index (χ3n) is 5.77. The van der Waals surface area contributed by atoms with Crippen molar-refractivity contribution in [2.24, 2.45) is 0 Å². The van der Waals surface area contributed by atoms with Gasteiger partial charge in [-0.15, -0.1) is 0 Å².